The molecule has 1 N–H and O–H groups in total. The van der Waals surface area contributed by atoms with E-state index in [0.717, 1.165) is 29.5 Å². The van der Waals surface area contributed by atoms with Crippen molar-refractivity contribution in [2.24, 2.45) is 5.92 Å². The van der Waals surface area contributed by atoms with Gasteiger partial charge in [-0.25, -0.2) is 13.4 Å². The second-order valence-corrected chi connectivity index (χ2v) is 9.85. The van der Waals surface area contributed by atoms with E-state index < -0.39 is 39.4 Å². The van der Waals surface area contributed by atoms with Crippen molar-refractivity contribution in [2.75, 3.05) is 17.7 Å². The van der Waals surface area contributed by atoms with E-state index in [9.17, 15) is 35.2 Å². The third kappa shape index (κ3) is 4.87. The predicted molar refractivity (Wildman–Crippen MR) is 110 cm³/mol. The molecule has 0 aromatic carbocycles. The van der Waals surface area contributed by atoms with Crippen LogP contribution < -0.4 is 10.1 Å². The topological polar surface area (TPSA) is 128 Å². The van der Waals surface area contributed by atoms with Crippen LogP contribution in [0, 0.1) is 5.92 Å². The van der Waals surface area contributed by atoms with Crippen molar-refractivity contribution in [1.29, 1.82) is 0 Å². The average molecular weight is 520 g/mol. The van der Waals surface area contributed by atoms with Gasteiger partial charge in [0.25, 0.3) is 0 Å². The molecule has 1 aliphatic carbocycles. The van der Waals surface area contributed by atoms with Crippen molar-refractivity contribution < 1.29 is 39.9 Å². The van der Waals surface area contributed by atoms with Gasteiger partial charge < -0.3 is 10.1 Å². The van der Waals surface area contributed by atoms with Crippen LogP contribution in [0.1, 0.15) is 19.8 Å². The van der Waals surface area contributed by atoms with E-state index in [1.165, 1.54) is 19.2 Å². The van der Waals surface area contributed by atoms with E-state index in [4.69, 9.17) is 0 Å². The Morgan fingerprint density at radius 3 is 2.46 bits per heavy atom. The SMILES string of the molecule is CCS(=O)(=O)c1nn2c(NC(=O)C3CC3)ccnc2c1-c1ccc(OCC(F)(F)C(F)(F)F)nn1. The van der Waals surface area contributed by atoms with Gasteiger partial charge in [0.05, 0.1) is 11.3 Å². The van der Waals surface area contributed by atoms with Gasteiger partial charge in [0, 0.05) is 18.2 Å². The van der Waals surface area contributed by atoms with Gasteiger partial charge >= 0.3 is 12.1 Å². The number of hydrogen-bond donors (Lipinski definition) is 1. The molecule has 35 heavy (non-hydrogen) atoms. The maximum absolute atomic E-state index is 13.1. The molecule has 1 aliphatic rings. The lowest BCUT2D eigenvalue weighted by atomic mass is 10.2. The lowest BCUT2D eigenvalue weighted by Gasteiger charge is -2.19. The summed E-state index contributed by atoms with van der Waals surface area (Å²) in [5.41, 5.74) is -0.202. The highest BCUT2D eigenvalue weighted by Gasteiger charge is 2.58. The number of nitrogens with one attached hydrogen (secondary N) is 1. The largest absolute Gasteiger partial charge is 0.470 e. The van der Waals surface area contributed by atoms with Crippen LogP contribution in [0.4, 0.5) is 27.8 Å². The first-order valence-corrected chi connectivity index (χ1v) is 11.8. The molecule has 3 aromatic heterocycles. The van der Waals surface area contributed by atoms with Crippen LogP contribution in [0.5, 0.6) is 5.88 Å². The molecule has 0 atom stereocenters. The predicted octanol–water partition coefficient (Wildman–Crippen LogP) is 2.90. The zero-order chi connectivity index (χ0) is 25.6. The molecular formula is C19H17F5N6O4S. The fourth-order valence-electron chi connectivity index (χ4n) is 2.95. The fourth-order valence-corrected chi connectivity index (χ4v) is 3.94. The van der Waals surface area contributed by atoms with Crippen LogP contribution in [0.25, 0.3) is 16.9 Å². The van der Waals surface area contributed by atoms with Crippen molar-refractivity contribution in [3.05, 3.63) is 24.4 Å². The van der Waals surface area contributed by atoms with Crippen molar-refractivity contribution in [1.82, 2.24) is 24.8 Å². The Labute approximate surface area is 194 Å². The second-order valence-electron chi connectivity index (χ2n) is 7.66. The molecule has 1 amide bonds. The molecule has 3 heterocycles. The molecule has 0 radical (unpaired) electrons. The standard InChI is InChI=1S/C19H17F5N6O4S/c1-2-35(32,33)17-14(11-5-6-13(28-27-11)34-9-18(20,21)19(22,23)24)15-25-8-7-12(30(15)29-17)26-16(31)10-3-4-10/h5-8,10H,2-4,9H2,1H3,(H,26,31). The van der Waals surface area contributed by atoms with Gasteiger partial charge in [0.1, 0.15) is 11.5 Å². The number of alkyl halides is 5. The minimum atomic E-state index is -5.81. The number of rotatable bonds is 8. The number of carbonyl (C=O) groups excluding carboxylic acids is 1. The molecule has 16 heteroatoms. The molecule has 0 saturated heterocycles. The molecule has 3 aromatic rings. The quantitative estimate of drug-likeness (QED) is 0.449. The number of aromatic nitrogens is 5. The van der Waals surface area contributed by atoms with E-state index in [1.54, 1.807) is 0 Å². The summed E-state index contributed by atoms with van der Waals surface area (Å²) in [6.07, 6.45) is -3.02. The third-order valence-corrected chi connectivity index (χ3v) is 6.71. The summed E-state index contributed by atoms with van der Waals surface area (Å²) >= 11 is 0. The van der Waals surface area contributed by atoms with E-state index in [2.05, 4.69) is 30.3 Å². The van der Waals surface area contributed by atoms with Gasteiger partial charge in [-0.3, -0.25) is 4.79 Å². The Hall–Kier alpha value is -3.43. The molecule has 10 nitrogen and oxygen atoms in total. The van der Waals surface area contributed by atoms with Gasteiger partial charge in [-0.1, -0.05) is 6.92 Å². The minimum Gasteiger partial charge on any atom is -0.470 e. The molecule has 1 fully saturated rings. The summed E-state index contributed by atoms with van der Waals surface area (Å²) in [6, 6.07) is 3.51. The molecule has 4 rings (SSSR count). The van der Waals surface area contributed by atoms with E-state index >= 15 is 0 Å². The van der Waals surface area contributed by atoms with Crippen LogP contribution in [-0.4, -0.2) is 63.6 Å². The highest BCUT2D eigenvalue weighted by atomic mass is 32.2. The lowest BCUT2D eigenvalue weighted by Crippen LogP contribution is -2.41. The molecule has 0 bridgehead atoms. The number of fused-ring (bicyclic) bond motifs is 1. The van der Waals surface area contributed by atoms with Gasteiger partial charge in [-0.15, -0.1) is 10.2 Å². The average Bonchev–Trinajstić information content (AvgIpc) is 3.57. The van der Waals surface area contributed by atoms with E-state index in [0.29, 0.717) is 0 Å². The van der Waals surface area contributed by atoms with E-state index in [-0.39, 0.29) is 40.3 Å². The Balaban J connectivity index is 1.72. The summed E-state index contributed by atoms with van der Waals surface area (Å²) in [4.78, 5) is 16.3. The summed E-state index contributed by atoms with van der Waals surface area (Å²) in [5, 5.41) is 13.6. The van der Waals surface area contributed by atoms with Crippen LogP contribution >= 0.6 is 0 Å². The lowest BCUT2D eigenvalue weighted by molar-refractivity contribution is -0.290. The Morgan fingerprint density at radius 2 is 1.89 bits per heavy atom. The van der Waals surface area contributed by atoms with Gasteiger partial charge in [0.15, 0.2) is 27.1 Å². The number of ether oxygens (including phenoxy) is 1. The molecule has 188 valence electrons. The fraction of sp³-hybridized carbons (Fsp3) is 0.421. The number of anilines is 1. The van der Waals surface area contributed by atoms with E-state index in [1.807, 2.05) is 0 Å². The van der Waals surface area contributed by atoms with Crippen molar-refractivity contribution in [3.8, 4) is 17.1 Å². The zero-order valence-corrected chi connectivity index (χ0v) is 18.7. The number of hydrogen-bond acceptors (Lipinski definition) is 8. The normalized spacial score (nSPS) is 14.8. The van der Waals surface area contributed by atoms with Gasteiger partial charge in [0.2, 0.25) is 11.8 Å². The van der Waals surface area contributed by atoms with Crippen molar-refractivity contribution in [3.63, 3.8) is 0 Å². The van der Waals surface area contributed by atoms with Crippen molar-refractivity contribution >= 4 is 27.2 Å². The second kappa shape index (κ2) is 8.66. The zero-order valence-electron chi connectivity index (χ0n) is 17.9. The number of amides is 1. The van der Waals surface area contributed by atoms with Gasteiger partial charge in [-0.05, 0) is 25.0 Å². The Bertz CT molecular complexity index is 1370. The molecular weight excluding hydrogens is 503 g/mol. The first-order valence-electron chi connectivity index (χ1n) is 10.2. The molecule has 0 spiro atoms. The van der Waals surface area contributed by atoms with Crippen molar-refractivity contribution in [2.45, 2.75) is 36.9 Å². The van der Waals surface area contributed by atoms with Crippen LogP contribution in [0.3, 0.4) is 0 Å². The van der Waals surface area contributed by atoms with Crippen LogP contribution in [0.2, 0.25) is 0 Å². The van der Waals surface area contributed by atoms with Crippen LogP contribution in [0.15, 0.2) is 29.4 Å². The smallest absolute Gasteiger partial charge is 0.456 e. The molecule has 0 unspecified atom stereocenters. The summed E-state index contributed by atoms with van der Waals surface area (Å²) in [6.45, 7) is -0.627. The molecule has 1 saturated carbocycles. The summed E-state index contributed by atoms with van der Waals surface area (Å²) in [7, 11) is -3.95. The number of halogens is 5. The minimum absolute atomic E-state index is 0.00260. The summed E-state index contributed by atoms with van der Waals surface area (Å²) in [5.74, 6) is -6.33. The third-order valence-electron chi connectivity index (χ3n) is 5.07. The monoisotopic (exact) mass is 520 g/mol. The maximum atomic E-state index is 13.1. The maximum Gasteiger partial charge on any atom is 0.456 e. The van der Waals surface area contributed by atoms with Gasteiger partial charge in [-0.2, -0.15) is 31.6 Å². The Morgan fingerprint density at radius 1 is 1.17 bits per heavy atom. The highest BCUT2D eigenvalue weighted by Crippen LogP contribution is 2.36. The number of sulfone groups is 1. The molecule has 0 aliphatic heterocycles. The first-order chi connectivity index (χ1) is 16.3. The summed E-state index contributed by atoms with van der Waals surface area (Å²) < 4.78 is 94.1. The van der Waals surface area contributed by atoms with Crippen LogP contribution in [-0.2, 0) is 14.6 Å². The number of nitrogens with zero attached hydrogens (tertiary/aromatic N) is 5. The Kier molecular flexibility index (Phi) is 6.11. The number of carbonyl (C=O) groups is 1. The first kappa shape index (κ1) is 24.7. The highest BCUT2D eigenvalue weighted by molar-refractivity contribution is 7.91.